The van der Waals surface area contributed by atoms with E-state index in [0.717, 1.165) is 35.5 Å². The number of carbonyl (C=O) groups is 1. The summed E-state index contributed by atoms with van der Waals surface area (Å²) in [4.78, 5) is 16.7. The minimum atomic E-state index is -0.276. The number of nitrogens with one attached hydrogen (secondary N) is 2. The van der Waals surface area contributed by atoms with E-state index in [9.17, 15) is 4.79 Å². The smallest absolute Gasteiger partial charge is 0.319 e. The van der Waals surface area contributed by atoms with Crippen molar-refractivity contribution in [3.63, 3.8) is 0 Å². The highest BCUT2D eigenvalue weighted by Crippen LogP contribution is 2.38. The van der Waals surface area contributed by atoms with Crippen molar-refractivity contribution in [1.29, 1.82) is 0 Å². The summed E-state index contributed by atoms with van der Waals surface area (Å²) in [5.41, 5.74) is 2.61. The van der Waals surface area contributed by atoms with Gasteiger partial charge in [-0.1, -0.05) is 47.1 Å². The number of aromatic nitrogens is 2. The van der Waals surface area contributed by atoms with Crippen LogP contribution in [0.2, 0.25) is 5.02 Å². The predicted molar refractivity (Wildman–Crippen MR) is 103 cm³/mol. The highest BCUT2D eigenvalue weighted by atomic mass is 35.5. The molecule has 0 atom stereocenters. The van der Waals surface area contributed by atoms with Crippen LogP contribution in [0.25, 0.3) is 0 Å². The van der Waals surface area contributed by atoms with Crippen LogP contribution in [0.3, 0.4) is 0 Å². The van der Waals surface area contributed by atoms with Gasteiger partial charge in [0, 0.05) is 23.2 Å². The maximum absolute atomic E-state index is 12.3. The number of hydrogen-bond acceptors (Lipinski definition) is 4. The Balaban J connectivity index is 1.37. The van der Waals surface area contributed by atoms with Gasteiger partial charge in [-0.25, -0.2) is 4.79 Å². The summed E-state index contributed by atoms with van der Waals surface area (Å²) in [6, 6.07) is 14.7. The van der Waals surface area contributed by atoms with Crippen LogP contribution in [0.4, 0.5) is 10.5 Å². The van der Waals surface area contributed by atoms with Crippen LogP contribution < -0.4 is 10.6 Å². The number of amides is 2. The van der Waals surface area contributed by atoms with Gasteiger partial charge in [-0.15, -0.1) is 0 Å². The van der Waals surface area contributed by atoms with Crippen LogP contribution in [-0.4, -0.2) is 16.2 Å². The van der Waals surface area contributed by atoms with Crippen LogP contribution in [-0.2, 0) is 13.0 Å². The third kappa shape index (κ3) is 4.65. The number of urea groups is 1. The van der Waals surface area contributed by atoms with Crippen molar-refractivity contribution in [1.82, 2.24) is 15.5 Å². The van der Waals surface area contributed by atoms with E-state index >= 15 is 0 Å². The molecule has 1 aliphatic rings. The fraction of sp³-hybridized carbons (Fsp3) is 0.250. The Morgan fingerprint density at radius 2 is 1.93 bits per heavy atom. The van der Waals surface area contributed by atoms with Crippen LogP contribution in [0.15, 0.2) is 53.1 Å². The normalized spacial score (nSPS) is 13.4. The third-order valence-corrected chi connectivity index (χ3v) is 4.65. The first-order valence-electron chi connectivity index (χ1n) is 8.87. The first kappa shape index (κ1) is 17.5. The average molecular weight is 383 g/mol. The number of carbonyl (C=O) groups excluding carboxylic acids is 1. The standard InChI is InChI=1S/C20H19ClN4O2/c21-16-9-5-13(6-10-16)12-22-20(26)23-17-4-2-1-3-15(17)11-18-24-19(25-27-18)14-7-8-14/h1-6,9-10,14H,7-8,11-12H2,(H2,22,23,26). The molecule has 0 bridgehead atoms. The molecule has 138 valence electrons. The zero-order valence-corrected chi connectivity index (χ0v) is 15.4. The molecule has 0 radical (unpaired) electrons. The van der Waals surface area contributed by atoms with Gasteiger partial charge < -0.3 is 15.2 Å². The summed E-state index contributed by atoms with van der Waals surface area (Å²) in [5, 5.41) is 10.4. The number of halogens is 1. The second kappa shape index (κ2) is 7.80. The Morgan fingerprint density at radius 3 is 2.70 bits per heavy atom. The zero-order chi connectivity index (χ0) is 18.6. The molecule has 27 heavy (non-hydrogen) atoms. The minimum absolute atomic E-state index is 0.276. The van der Waals surface area contributed by atoms with Crippen molar-refractivity contribution < 1.29 is 9.32 Å². The first-order chi connectivity index (χ1) is 13.2. The monoisotopic (exact) mass is 382 g/mol. The van der Waals surface area contributed by atoms with E-state index in [4.69, 9.17) is 16.1 Å². The average Bonchev–Trinajstić information content (AvgIpc) is 3.42. The summed E-state index contributed by atoms with van der Waals surface area (Å²) in [6.45, 7) is 0.416. The molecule has 0 spiro atoms. The fourth-order valence-corrected chi connectivity index (χ4v) is 2.88. The molecule has 6 nitrogen and oxygen atoms in total. The molecule has 1 aromatic heterocycles. The quantitative estimate of drug-likeness (QED) is 0.657. The lowest BCUT2D eigenvalue weighted by Gasteiger charge is -2.11. The van der Waals surface area contributed by atoms with Crippen molar-refractivity contribution in [2.45, 2.75) is 31.7 Å². The Hall–Kier alpha value is -2.86. The van der Waals surface area contributed by atoms with E-state index in [-0.39, 0.29) is 6.03 Å². The number of anilines is 1. The summed E-state index contributed by atoms with van der Waals surface area (Å²) in [7, 11) is 0. The molecule has 2 aromatic carbocycles. The summed E-state index contributed by atoms with van der Waals surface area (Å²) >= 11 is 5.87. The molecule has 1 fully saturated rings. The Labute approximate surface area is 161 Å². The Bertz CT molecular complexity index is 935. The van der Waals surface area contributed by atoms with Crippen molar-refractivity contribution in [3.05, 3.63) is 76.4 Å². The summed E-state index contributed by atoms with van der Waals surface area (Å²) in [5.74, 6) is 1.80. The second-order valence-corrected chi connectivity index (χ2v) is 7.03. The predicted octanol–water partition coefficient (Wildman–Crippen LogP) is 4.51. The molecular weight excluding hydrogens is 364 g/mol. The van der Waals surface area contributed by atoms with Gasteiger partial charge in [0.25, 0.3) is 0 Å². The molecule has 2 amide bonds. The number of rotatable bonds is 6. The SMILES string of the molecule is O=C(NCc1ccc(Cl)cc1)Nc1ccccc1Cc1nc(C2CC2)no1. The van der Waals surface area contributed by atoms with Gasteiger partial charge in [0.1, 0.15) is 0 Å². The molecule has 2 N–H and O–H groups in total. The zero-order valence-electron chi connectivity index (χ0n) is 14.6. The number of para-hydroxylation sites is 1. The van der Waals surface area contributed by atoms with Gasteiger partial charge in [0.05, 0.1) is 6.42 Å². The Kier molecular flexibility index (Phi) is 5.07. The van der Waals surface area contributed by atoms with Crippen LogP contribution in [0, 0.1) is 0 Å². The van der Waals surface area contributed by atoms with E-state index in [1.807, 2.05) is 36.4 Å². The first-order valence-corrected chi connectivity index (χ1v) is 9.25. The molecule has 3 aromatic rings. The number of hydrogen-bond donors (Lipinski definition) is 2. The van der Waals surface area contributed by atoms with Crippen LogP contribution in [0.1, 0.15) is 41.6 Å². The number of benzene rings is 2. The van der Waals surface area contributed by atoms with Gasteiger partial charge in [0.2, 0.25) is 5.89 Å². The molecule has 4 rings (SSSR count). The molecule has 0 saturated heterocycles. The third-order valence-electron chi connectivity index (χ3n) is 4.40. The number of nitrogens with zero attached hydrogens (tertiary/aromatic N) is 2. The van der Waals surface area contributed by atoms with Crippen LogP contribution >= 0.6 is 11.6 Å². The maximum Gasteiger partial charge on any atom is 0.319 e. The van der Waals surface area contributed by atoms with Crippen molar-refractivity contribution in [2.75, 3.05) is 5.32 Å². The van der Waals surface area contributed by atoms with E-state index in [0.29, 0.717) is 29.8 Å². The van der Waals surface area contributed by atoms with Gasteiger partial charge in [-0.2, -0.15) is 4.98 Å². The molecule has 1 heterocycles. The molecule has 0 aliphatic heterocycles. The largest absolute Gasteiger partial charge is 0.339 e. The van der Waals surface area contributed by atoms with Crippen LogP contribution in [0.5, 0.6) is 0 Å². The highest BCUT2D eigenvalue weighted by molar-refractivity contribution is 6.30. The second-order valence-electron chi connectivity index (χ2n) is 6.59. The lowest BCUT2D eigenvalue weighted by Crippen LogP contribution is -2.28. The fourth-order valence-electron chi connectivity index (χ4n) is 2.76. The van der Waals surface area contributed by atoms with Crippen molar-refractivity contribution in [3.8, 4) is 0 Å². The van der Waals surface area contributed by atoms with E-state index in [2.05, 4.69) is 20.8 Å². The van der Waals surface area contributed by atoms with E-state index in [1.54, 1.807) is 12.1 Å². The lowest BCUT2D eigenvalue weighted by atomic mass is 10.1. The summed E-state index contributed by atoms with van der Waals surface area (Å²) in [6.07, 6.45) is 2.74. The van der Waals surface area contributed by atoms with Crippen molar-refractivity contribution in [2.24, 2.45) is 0 Å². The van der Waals surface area contributed by atoms with Gasteiger partial charge in [0.15, 0.2) is 5.82 Å². The lowest BCUT2D eigenvalue weighted by molar-refractivity contribution is 0.251. The highest BCUT2D eigenvalue weighted by Gasteiger charge is 2.28. The molecule has 0 unspecified atom stereocenters. The Morgan fingerprint density at radius 1 is 1.15 bits per heavy atom. The van der Waals surface area contributed by atoms with Gasteiger partial charge in [-0.05, 0) is 42.2 Å². The minimum Gasteiger partial charge on any atom is -0.339 e. The summed E-state index contributed by atoms with van der Waals surface area (Å²) < 4.78 is 5.34. The van der Waals surface area contributed by atoms with E-state index in [1.165, 1.54) is 0 Å². The topological polar surface area (TPSA) is 80.0 Å². The molecule has 7 heteroatoms. The van der Waals surface area contributed by atoms with Gasteiger partial charge >= 0.3 is 6.03 Å². The maximum atomic E-state index is 12.3. The molecule has 1 aliphatic carbocycles. The van der Waals surface area contributed by atoms with Crippen molar-refractivity contribution >= 4 is 23.3 Å². The molecular formula is C20H19ClN4O2. The van der Waals surface area contributed by atoms with Gasteiger partial charge in [-0.3, -0.25) is 0 Å². The van der Waals surface area contributed by atoms with E-state index < -0.39 is 0 Å². The molecule has 1 saturated carbocycles.